The van der Waals surface area contributed by atoms with Crippen LogP contribution in [0.25, 0.3) is 0 Å². The predicted octanol–water partition coefficient (Wildman–Crippen LogP) is 0.929. The second-order valence-electron chi connectivity index (χ2n) is 5.71. The molecule has 0 aliphatic carbocycles. The normalized spacial score (nSPS) is 20.8. The molecule has 1 heterocycles. The molecule has 0 bridgehead atoms. The van der Waals surface area contributed by atoms with Crippen LogP contribution in [0.1, 0.15) is 40.5 Å². The zero-order valence-corrected chi connectivity index (χ0v) is 11.8. The largest absolute Gasteiger partial charge is 0.459 e. The maximum absolute atomic E-state index is 12.0. The average Bonchev–Trinajstić information content (AvgIpc) is 2.62. The average molecular weight is 256 g/mol. The minimum atomic E-state index is -0.441. The van der Waals surface area contributed by atoms with Crippen LogP contribution < -0.4 is 5.32 Å². The van der Waals surface area contributed by atoms with Crippen molar-refractivity contribution in [2.24, 2.45) is 0 Å². The van der Waals surface area contributed by atoms with Gasteiger partial charge in [0, 0.05) is 20.0 Å². The van der Waals surface area contributed by atoms with E-state index in [9.17, 15) is 9.59 Å². The number of nitrogens with one attached hydrogen (secondary N) is 1. The van der Waals surface area contributed by atoms with Crippen LogP contribution >= 0.6 is 0 Å². The summed E-state index contributed by atoms with van der Waals surface area (Å²) in [5.41, 5.74) is -0.441. The number of amides is 1. The van der Waals surface area contributed by atoms with E-state index in [0.29, 0.717) is 13.1 Å². The molecule has 0 aromatic carbocycles. The minimum Gasteiger partial charge on any atom is -0.459 e. The van der Waals surface area contributed by atoms with Gasteiger partial charge in [0.25, 0.3) is 0 Å². The Morgan fingerprint density at radius 2 is 2.06 bits per heavy atom. The van der Waals surface area contributed by atoms with Gasteiger partial charge in [-0.15, -0.1) is 0 Å². The number of esters is 1. The summed E-state index contributed by atoms with van der Waals surface area (Å²) in [7, 11) is 0. The molecular formula is C13H24N2O3. The molecule has 0 radical (unpaired) electrons. The van der Waals surface area contributed by atoms with Gasteiger partial charge in [0.2, 0.25) is 5.91 Å². The van der Waals surface area contributed by atoms with Crippen molar-refractivity contribution in [3.63, 3.8) is 0 Å². The molecule has 5 nitrogen and oxygen atoms in total. The van der Waals surface area contributed by atoms with E-state index in [0.717, 1.165) is 19.4 Å². The van der Waals surface area contributed by atoms with E-state index in [1.165, 1.54) is 6.92 Å². The van der Waals surface area contributed by atoms with Crippen molar-refractivity contribution in [1.29, 1.82) is 0 Å². The van der Waals surface area contributed by atoms with Gasteiger partial charge in [-0.1, -0.05) is 0 Å². The van der Waals surface area contributed by atoms with Gasteiger partial charge in [-0.2, -0.15) is 0 Å². The molecule has 1 rings (SSSR count). The zero-order valence-electron chi connectivity index (χ0n) is 11.8. The third-order valence-corrected chi connectivity index (χ3v) is 2.82. The lowest BCUT2D eigenvalue weighted by Gasteiger charge is -2.27. The Morgan fingerprint density at radius 3 is 2.61 bits per heavy atom. The third-order valence-electron chi connectivity index (χ3n) is 2.82. The Bertz CT molecular complexity index is 310. The number of nitrogens with zero attached hydrogens (tertiary/aromatic N) is 1. The van der Waals surface area contributed by atoms with E-state index in [4.69, 9.17) is 4.74 Å². The molecule has 1 aliphatic rings. The van der Waals surface area contributed by atoms with Gasteiger partial charge in [0.05, 0.1) is 0 Å². The van der Waals surface area contributed by atoms with Gasteiger partial charge in [0.15, 0.2) is 0 Å². The maximum atomic E-state index is 12.0. The molecule has 18 heavy (non-hydrogen) atoms. The molecule has 1 amide bonds. The Labute approximate surface area is 109 Å². The lowest BCUT2D eigenvalue weighted by atomic mass is 10.1. The second-order valence-corrected chi connectivity index (χ2v) is 5.71. The summed E-state index contributed by atoms with van der Waals surface area (Å²) >= 11 is 0. The van der Waals surface area contributed by atoms with Crippen LogP contribution in [0.5, 0.6) is 0 Å². The molecule has 1 fully saturated rings. The summed E-state index contributed by atoms with van der Waals surface area (Å²) in [6.07, 6.45) is 1.85. The number of rotatable bonds is 4. The summed E-state index contributed by atoms with van der Waals surface area (Å²) in [6, 6.07) is -0.155. The molecule has 0 unspecified atom stereocenters. The number of ether oxygens (including phenoxy) is 1. The Balaban J connectivity index is 2.43. The van der Waals surface area contributed by atoms with Crippen molar-refractivity contribution < 1.29 is 14.3 Å². The standard InChI is InChI=1S/C13H24N2O3/c1-10(16)14-7-9-15-8-5-6-11(15)12(17)18-13(2,3)4/h11H,5-9H2,1-4H3,(H,14,16)/t11-/m1/s1. The fourth-order valence-corrected chi connectivity index (χ4v) is 2.11. The smallest absolute Gasteiger partial charge is 0.323 e. The van der Waals surface area contributed by atoms with E-state index < -0.39 is 5.60 Å². The van der Waals surface area contributed by atoms with Gasteiger partial charge in [-0.25, -0.2) is 0 Å². The molecule has 0 aromatic rings. The number of likely N-dealkylation sites (tertiary alicyclic amines) is 1. The molecule has 0 aromatic heterocycles. The number of carbonyl (C=O) groups is 2. The van der Waals surface area contributed by atoms with E-state index in [2.05, 4.69) is 10.2 Å². The lowest BCUT2D eigenvalue weighted by molar-refractivity contribution is -0.160. The molecule has 0 spiro atoms. The van der Waals surface area contributed by atoms with Crippen molar-refractivity contribution in [3.05, 3.63) is 0 Å². The quantitative estimate of drug-likeness (QED) is 0.760. The SMILES string of the molecule is CC(=O)NCCN1CCC[C@@H]1C(=O)OC(C)(C)C. The van der Waals surface area contributed by atoms with Gasteiger partial charge in [-0.3, -0.25) is 14.5 Å². The van der Waals surface area contributed by atoms with Crippen molar-refractivity contribution >= 4 is 11.9 Å². The first kappa shape index (κ1) is 15.0. The molecule has 5 heteroatoms. The highest BCUT2D eigenvalue weighted by molar-refractivity contribution is 5.76. The number of hydrogen-bond donors (Lipinski definition) is 1. The highest BCUT2D eigenvalue weighted by Crippen LogP contribution is 2.20. The molecular weight excluding hydrogens is 232 g/mol. The van der Waals surface area contributed by atoms with Crippen LogP contribution in [0.2, 0.25) is 0 Å². The lowest BCUT2D eigenvalue weighted by Crippen LogP contribution is -2.43. The van der Waals surface area contributed by atoms with Crippen LogP contribution in [-0.4, -0.2) is 48.1 Å². The molecule has 1 atom stereocenters. The van der Waals surface area contributed by atoms with Crippen LogP contribution in [0.3, 0.4) is 0 Å². The van der Waals surface area contributed by atoms with Crippen LogP contribution in [0.4, 0.5) is 0 Å². The van der Waals surface area contributed by atoms with Crippen molar-refractivity contribution in [2.75, 3.05) is 19.6 Å². The van der Waals surface area contributed by atoms with Crippen LogP contribution in [0.15, 0.2) is 0 Å². The van der Waals surface area contributed by atoms with E-state index >= 15 is 0 Å². The molecule has 1 saturated heterocycles. The first-order chi connectivity index (χ1) is 8.29. The highest BCUT2D eigenvalue weighted by atomic mass is 16.6. The fraction of sp³-hybridized carbons (Fsp3) is 0.846. The molecule has 1 aliphatic heterocycles. The van der Waals surface area contributed by atoms with Gasteiger partial charge < -0.3 is 10.1 Å². The minimum absolute atomic E-state index is 0.0389. The number of hydrogen-bond acceptors (Lipinski definition) is 4. The van der Waals surface area contributed by atoms with E-state index in [-0.39, 0.29) is 17.9 Å². The molecule has 1 N–H and O–H groups in total. The van der Waals surface area contributed by atoms with Gasteiger partial charge in [0.1, 0.15) is 11.6 Å². The van der Waals surface area contributed by atoms with Crippen molar-refractivity contribution in [1.82, 2.24) is 10.2 Å². The van der Waals surface area contributed by atoms with Crippen molar-refractivity contribution in [2.45, 2.75) is 52.2 Å². The molecule has 104 valence electrons. The third kappa shape index (κ3) is 5.04. The summed E-state index contributed by atoms with van der Waals surface area (Å²) in [5, 5.41) is 2.75. The fourth-order valence-electron chi connectivity index (χ4n) is 2.11. The van der Waals surface area contributed by atoms with Crippen molar-refractivity contribution in [3.8, 4) is 0 Å². The number of carbonyl (C=O) groups excluding carboxylic acids is 2. The Kier molecular flexibility index (Phi) is 5.14. The topological polar surface area (TPSA) is 58.6 Å². The van der Waals surface area contributed by atoms with Gasteiger partial charge >= 0.3 is 5.97 Å². The van der Waals surface area contributed by atoms with E-state index in [1.54, 1.807) is 0 Å². The first-order valence-corrected chi connectivity index (χ1v) is 6.51. The van der Waals surface area contributed by atoms with Crippen LogP contribution in [-0.2, 0) is 14.3 Å². The highest BCUT2D eigenvalue weighted by Gasteiger charge is 2.33. The maximum Gasteiger partial charge on any atom is 0.323 e. The Hall–Kier alpha value is -1.10. The summed E-state index contributed by atoms with van der Waals surface area (Å²) in [5.74, 6) is -0.189. The van der Waals surface area contributed by atoms with Gasteiger partial charge in [-0.05, 0) is 40.2 Å². The Morgan fingerprint density at radius 1 is 1.39 bits per heavy atom. The first-order valence-electron chi connectivity index (χ1n) is 6.51. The molecule has 0 saturated carbocycles. The monoisotopic (exact) mass is 256 g/mol. The summed E-state index contributed by atoms with van der Waals surface area (Å²) in [4.78, 5) is 24.9. The summed E-state index contributed by atoms with van der Waals surface area (Å²) < 4.78 is 5.41. The summed E-state index contributed by atoms with van der Waals surface area (Å²) in [6.45, 7) is 9.29. The second kappa shape index (κ2) is 6.18. The van der Waals surface area contributed by atoms with E-state index in [1.807, 2.05) is 20.8 Å². The predicted molar refractivity (Wildman–Crippen MR) is 69.1 cm³/mol. The van der Waals surface area contributed by atoms with Crippen LogP contribution in [0, 0.1) is 0 Å². The zero-order chi connectivity index (χ0) is 13.8.